The minimum absolute atomic E-state index is 0.114. The molecule has 3 aromatic carbocycles. The molecule has 5 heteroatoms. The highest BCUT2D eigenvalue weighted by Crippen LogP contribution is 2.36. The van der Waals surface area contributed by atoms with E-state index in [4.69, 9.17) is 16.3 Å². The number of para-hydroxylation sites is 1. The summed E-state index contributed by atoms with van der Waals surface area (Å²) < 4.78 is 8.26. The lowest BCUT2D eigenvalue weighted by Gasteiger charge is -2.11. The van der Waals surface area contributed by atoms with Gasteiger partial charge in [-0.05, 0) is 55.3 Å². The molecule has 1 N–H and O–H groups in total. The molecule has 1 aliphatic rings. The first kappa shape index (κ1) is 20.4. The minimum atomic E-state index is -0.114. The number of nitrogens with zero attached hydrogens (tertiary/aromatic N) is 1. The van der Waals surface area contributed by atoms with Gasteiger partial charge >= 0.3 is 0 Å². The molecular formula is C27H23ClN2O2. The number of rotatable bonds is 5. The Morgan fingerprint density at radius 1 is 1.06 bits per heavy atom. The quantitative estimate of drug-likeness (QED) is 0.359. The zero-order valence-corrected chi connectivity index (χ0v) is 18.7. The molecular weight excluding hydrogens is 420 g/mol. The SMILES string of the molecule is Cc1ccc(C)c(OCCn2cc(/C=C3/C(=O)Nc4cc(Cl)ccc43)c3ccccc32)c1. The van der Waals surface area contributed by atoms with E-state index in [9.17, 15) is 4.79 Å². The molecule has 4 nitrogen and oxygen atoms in total. The molecule has 0 saturated heterocycles. The molecule has 0 atom stereocenters. The molecule has 5 rings (SSSR count). The van der Waals surface area contributed by atoms with Crippen LogP contribution in [-0.2, 0) is 11.3 Å². The first-order chi connectivity index (χ1) is 15.5. The van der Waals surface area contributed by atoms with E-state index in [-0.39, 0.29) is 5.91 Å². The Hall–Kier alpha value is -3.50. The van der Waals surface area contributed by atoms with Crippen LogP contribution in [0.4, 0.5) is 5.69 Å². The van der Waals surface area contributed by atoms with Crippen molar-refractivity contribution in [3.05, 3.63) is 94.1 Å². The topological polar surface area (TPSA) is 43.3 Å². The molecule has 0 spiro atoms. The van der Waals surface area contributed by atoms with Crippen molar-refractivity contribution in [1.82, 2.24) is 4.57 Å². The molecule has 0 bridgehead atoms. The lowest BCUT2D eigenvalue weighted by molar-refractivity contribution is -0.110. The zero-order valence-electron chi connectivity index (χ0n) is 18.0. The van der Waals surface area contributed by atoms with E-state index in [1.54, 1.807) is 6.07 Å². The zero-order chi connectivity index (χ0) is 22.2. The largest absolute Gasteiger partial charge is 0.491 e. The molecule has 32 heavy (non-hydrogen) atoms. The van der Waals surface area contributed by atoms with Gasteiger partial charge in [0.1, 0.15) is 12.4 Å². The third-order valence-electron chi connectivity index (χ3n) is 5.82. The standard InChI is InChI=1S/C27H23ClN2O2/c1-17-7-8-18(2)26(13-17)32-12-11-30-16-19(21-5-3-4-6-25(21)30)14-23-22-10-9-20(28)15-24(22)29-27(23)31/h3-10,13-16H,11-12H2,1-2H3,(H,29,31)/b23-14+. The van der Waals surface area contributed by atoms with Crippen molar-refractivity contribution in [2.24, 2.45) is 0 Å². The molecule has 1 aliphatic heterocycles. The summed E-state index contributed by atoms with van der Waals surface area (Å²) in [6, 6.07) is 19.9. The maximum Gasteiger partial charge on any atom is 0.256 e. The monoisotopic (exact) mass is 442 g/mol. The van der Waals surface area contributed by atoms with Gasteiger partial charge in [0, 0.05) is 38.8 Å². The first-order valence-corrected chi connectivity index (χ1v) is 11.0. The second-order valence-electron chi connectivity index (χ2n) is 8.11. The molecule has 0 aliphatic carbocycles. The van der Waals surface area contributed by atoms with E-state index < -0.39 is 0 Å². The predicted octanol–water partition coefficient (Wildman–Crippen LogP) is 6.48. The van der Waals surface area contributed by atoms with Gasteiger partial charge in [0.2, 0.25) is 0 Å². The Kier molecular flexibility index (Phi) is 5.24. The van der Waals surface area contributed by atoms with Crippen molar-refractivity contribution < 1.29 is 9.53 Å². The Balaban J connectivity index is 1.45. The van der Waals surface area contributed by atoms with Gasteiger partial charge in [0.15, 0.2) is 0 Å². The molecule has 0 unspecified atom stereocenters. The summed E-state index contributed by atoms with van der Waals surface area (Å²) in [6.07, 6.45) is 4.05. The van der Waals surface area contributed by atoms with Gasteiger partial charge in [-0.25, -0.2) is 0 Å². The number of aryl methyl sites for hydroxylation is 2. The number of benzene rings is 3. The summed E-state index contributed by atoms with van der Waals surface area (Å²) in [7, 11) is 0. The number of carbonyl (C=O) groups is 1. The molecule has 4 aromatic rings. The molecule has 1 amide bonds. The number of hydrogen-bond donors (Lipinski definition) is 1. The Bertz CT molecular complexity index is 1380. The third kappa shape index (κ3) is 3.78. The fraction of sp³-hybridized carbons (Fsp3) is 0.148. The van der Waals surface area contributed by atoms with Crippen LogP contribution in [0.3, 0.4) is 0 Å². The van der Waals surface area contributed by atoms with E-state index in [1.165, 1.54) is 5.56 Å². The van der Waals surface area contributed by atoms with Gasteiger partial charge in [-0.1, -0.05) is 48.0 Å². The van der Waals surface area contributed by atoms with Crippen molar-refractivity contribution in [1.29, 1.82) is 0 Å². The molecule has 0 fully saturated rings. The summed E-state index contributed by atoms with van der Waals surface area (Å²) in [5.41, 5.74) is 6.69. The molecule has 0 saturated carbocycles. The van der Waals surface area contributed by atoms with Crippen LogP contribution in [-0.4, -0.2) is 17.1 Å². The maximum absolute atomic E-state index is 12.6. The summed E-state index contributed by atoms with van der Waals surface area (Å²) in [4.78, 5) is 12.6. The number of fused-ring (bicyclic) bond motifs is 2. The summed E-state index contributed by atoms with van der Waals surface area (Å²) in [5, 5.41) is 4.61. The second kappa shape index (κ2) is 8.21. The number of hydrogen-bond acceptors (Lipinski definition) is 2. The Morgan fingerprint density at radius 3 is 2.78 bits per heavy atom. The predicted molar refractivity (Wildman–Crippen MR) is 131 cm³/mol. The number of nitrogens with one attached hydrogen (secondary N) is 1. The van der Waals surface area contributed by atoms with Gasteiger partial charge in [-0.3, -0.25) is 4.79 Å². The van der Waals surface area contributed by atoms with E-state index in [0.717, 1.165) is 39.0 Å². The molecule has 160 valence electrons. The molecule has 1 aromatic heterocycles. The van der Waals surface area contributed by atoms with Crippen LogP contribution in [0, 0.1) is 13.8 Å². The smallest absolute Gasteiger partial charge is 0.256 e. The number of halogens is 1. The van der Waals surface area contributed by atoms with Crippen molar-refractivity contribution >= 4 is 45.7 Å². The second-order valence-corrected chi connectivity index (χ2v) is 8.55. The van der Waals surface area contributed by atoms with Gasteiger partial charge in [0.05, 0.1) is 12.2 Å². The van der Waals surface area contributed by atoms with Crippen molar-refractivity contribution in [3.63, 3.8) is 0 Å². The van der Waals surface area contributed by atoms with Gasteiger partial charge in [0.25, 0.3) is 5.91 Å². The Morgan fingerprint density at radius 2 is 1.91 bits per heavy atom. The van der Waals surface area contributed by atoms with Crippen LogP contribution >= 0.6 is 11.6 Å². The van der Waals surface area contributed by atoms with Crippen molar-refractivity contribution in [3.8, 4) is 5.75 Å². The van der Waals surface area contributed by atoms with Crippen LogP contribution in [0.2, 0.25) is 5.02 Å². The number of amides is 1. The van der Waals surface area contributed by atoms with E-state index in [1.807, 2.05) is 30.3 Å². The number of ether oxygens (including phenoxy) is 1. The van der Waals surface area contributed by atoms with Gasteiger partial charge in [-0.2, -0.15) is 0 Å². The van der Waals surface area contributed by atoms with Crippen LogP contribution in [0.15, 0.2) is 66.9 Å². The number of anilines is 1. The number of carbonyl (C=O) groups excluding carboxylic acids is 1. The summed E-state index contributed by atoms with van der Waals surface area (Å²) in [6.45, 7) is 5.38. The van der Waals surface area contributed by atoms with Crippen molar-refractivity contribution in [2.75, 3.05) is 11.9 Å². The highest BCUT2D eigenvalue weighted by atomic mass is 35.5. The van der Waals surface area contributed by atoms with Crippen LogP contribution in [0.1, 0.15) is 22.3 Å². The lowest BCUT2D eigenvalue weighted by atomic mass is 10.0. The van der Waals surface area contributed by atoms with E-state index >= 15 is 0 Å². The highest BCUT2D eigenvalue weighted by molar-refractivity contribution is 6.36. The van der Waals surface area contributed by atoms with Gasteiger partial charge in [-0.15, -0.1) is 0 Å². The fourth-order valence-corrected chi connectivity index (χ4v) is 4.33. The Labute approximate surface area is 192 Å². The van der Waals surface area contributed by atoms with Crippen molar-refractivity contribution in [2.45, 2.75) is 20.4 Å². The fourth-order valence-electron chi connectivity index (χ4n) is 4.16. The van der Waals surface area contributed by atoms with Crippen LogP contribution in [0.5, 0.6) is 5.75 Å². The average molecular weight is 443 g/mol. The first-order valence-electron chi connectivity index (χ1n) is 10.6. The lowest BCUT2D eigenvalue weighted by Crippen LogP contribution is -2.08. The average Bonchev–Trinajstić information content (AvgIpc) is 3.28. The van der Waals surface area contributed by atoms with Crippen LogP contribution < -0.4 is 10.1 Å². The van der Waals surface area contributed by atoms with E-state index in [2.05, 4.69) is 60.3 Å². The normalized spacial score (nSPS) is 14.1. The molecule has 0 radical (unpaired) electrons. The van der Waals surface area contributed by atoms with Gasteiger partial charge < -0.3 is 14.6 Å². The molecule has 2 heterocycles. The summed E-state index contributed by atoms with van der Waals surface area (Å²) in [5.74, 6) is 0.805. The summed E-state index contributed by atoms with van der Waals surface area (Å²) >= 11 is 6.09. The highest BCUT2D eigenvalue weighted by Gasteiger charge is 2.24. The third-order valence-corrected chi connectivity index (χ3v) is 6.05. The minimum Gasteiger partial charge on any atom is -0.491 e. The van der Waals surface area contributed by atoms with E-state index in [0.29, 0.717) is 23.7 Å². The van der Waals surface area contributed by atoms with Crippen LogP contribution in [0.25, 0.3) is 22.6 Å². The maximum atomic E-state index is 12.6. The number of aromatic nitrogens is 1.